The van der Waals surface area contributed by atoms with E-state index in [4.69, 9.17) is 4.74 Å². The molecule has 0 aliphatic carbocycles. The Kier molecular flexibility index (Phi) is 6.35. The fourth-order valence-corrected chi connectivity index (χ4v) is 2.04. The van der Waals surface area contributed by atoms with E-state index in [9.17, 15) is 10.0 Å². The molecule has 1 amide bonds. The lowest BCUT2D eigenvalue weighted by molar-refractivity contribution is 0.0288. The zero-order chi connectivity index (χ0) is 19.2. The highest BCUT2D eigenvalue weighted by Crippen LogP contribution is 2.22. The molecule has 0 aromatic carbocycles. The van der Waals surface area contributed by atoms with Gasteiger partial charge in [-0.15, -0.1) is 0 Å². The number of carbonyl (C=O) groups excluding carboxylic acids is 1. The van der Waals surface area contributed by atoms with E-state index in [-0.39, 0.29) is 6.54 Å². The number of pyridine rings is 2. The van der Waals surface area contributed by atoms with Gasteiger partial charge in [-0.1, -0.05) is 6.07 Å². The van der Waals surface area contributed by atoms with Gasteiger partial charge in [-0.2, -0.15) is 0 Å². The van der Waals surface area contributed by atoms with Crippen LogP contribution in [-0.2, 0) is 4.74 Å². The van der Waals surface area contributed by atoms with Gasteiger partial charge in [-0.05, 0) is 52.0 Å². The van der Waals surface area contributed by atoms with Gasteiger partial charge in [0.25, 0.3) is 0 Å². The first-order chi connectivity index (χ1) is 12.3. The summed E-state index contributed by atoms with van der Waals surface area (Å²) in [5.41, 5.74) is 0.00122. The molecule has 0 fully saturated rings. The van der Waals surface area contributed by atoms with Crippen molar-refractivity contribution in [3.8, 4) is 0 Å². The summed E-state index contributed by atoms with van der Waals surface area (Å²) in [6.07, 6.45) is 2.42. The van der Waals surface area contributed by atoms with E-state index in [1.165, 1.54) is 0 Å². The Balaban J connectivity index is 1.97. The molecule has 0 spiro atoms. The molecule has 2 N–H and O–H groups in total. The summed E-state index contributed by atoms with van der Waals surface area (Å²) in [5.74, 6) is 1.23. The summed E-state index contributed by atoms with van der Waals surface area (Å²) < 4.78 is 5.09. The molecule has 0 aliphatic heterocycles. The fraction of sp³-hybridized carbons (Fsp3) is 0.389. The number of hydrogen-bond donors (Lipinski definition) is 2. The Morgan fingerprint density at radius 2 is 1.96 bits per heavy atom. The van der Waals surface area contributed by atoms with Crippen LogP contribution in [0, 0.1) is 5.21 Å². The summed E-state index contributed by atoms with van der Waals surface area (Å²) in [6.45, 7) is 7.00. The summed E-state index contributed by atoms with van der Waals surface area (Å²) in [4.78, 5) is 20.3. The van der Waals surface area contributed by atoms with Crippen molar-refractivity contribution >= 4 is 23.4 Å². The Hall–Kier alpha value is -2.87. The van der Waals surface area contributed by atoms with Crippen molar-refractivity contribution < 1.29 is 9.53 Å². The normalized spacial score (nSPS) is 12.2. The molecule has 8 nitrogen and oxygen atoms in total. The quantitative estimate of drug-likeness (QED) is 0.758. The minimum Gasteiger partial charge on any atom is -0.753 e. The number of hydroxylamine groups is 2. The fourth-order valence-electron chi connectivity index (χ4n) is 2.04. The lowest BCUT2D eigenvalue weighted by Gasteiger charge is -2.36. The van der Waals surface area contributed by atoms with Crippen LogP contribution in [-0.4, -0.2) is 39.3 Å². The average Bonchev–Trinajstić information content (AvgIpc) is 2.59. The lowest BCUT2D eigenvalue weighted by Crippen LogP contribution is -2.41. The van der Waals surface area contributed by atoms with Crippen molar-refractivity contribution in [2.45, 2.75) is 39.3 Å². The van der Waals surface area contributed by atoms with Crippen molar-refractivity contribution in [1.29, 1.82) is 0 Å². The molecule has 8 heteroatoms. The van der Waals surface area contributed by atoms with E-state index in [1.807, 2.05) is 24.3 Å². The number of aromatic nitrogens is 2. The van der Waals surface area contributed by atoms with Crippen LogP contribution >= 0.6 is 0 Å². The minimum absolute atomic E-state index is 0.219. The zero-order valence-corrected chi connectivity index (χ0v) is 15.4. The molecule has 0 aliphatic rings. The molecule has 0 radical (unpaired) electrons. The molecular formula is C18H24N5O3-. The number of amides is 1. The maximum atomic E-state index is 12.1. The maximum Gasteiger partial charge on any atom is 0.399 e. The number of carbonyl (C=O) groups is 1. The third kappa shape index (κ3) is 5.89. The predicted octanol–water partition coefficient (Wildman–Crippen LogP) is 3.76. The van der Waals surface area contributed by atoms with Gasteiger partial charge in [0.15, 0.2) is 0 Å². The molecule has 1 atom stereocenters. The Morgan fingerprint density at radius 3 is 2.62 bits per heavy atom. The Bertz CT molecular complexity index is 718. The third-order valence-corrected chi connectivity index (χ3v) is 3.27. The summed E-state index contributed by atoms with van der Waals surface area (Å²) >= 11 is 0. The SMILES string of the molecule is CC(CNc1ncccc1Nc1ccccn1)N([O-])C(=O)OC(C)(C)C. The minimum atomic E-state index is -0.903. The number of ether oxygens (including phenoxy) is 1. The first-order valence-corrected chi connectivity index (χ1v) is 8.32. The number of rotatable bonds is 6. The second-order valence-corrected chi connectivity index (χ2v) is 6.78. The molecule has 26 heavy (non-hydrogen) atoms. The molecule has 2 aromatic rings. The average molecular weight is 358 g/mol. The van der Waals surface area contributed by atoms with Crippen molar-refractivity contribution in [2.75, 3.05) is 17.2 Å². The van der Waals surface area contributed by atoms with Crippen molar-refractivity contribution in [2.24, 2.45) is 0 Å². The first kappa shape index (κ1) is 19.5. The van der Waals surface area contributed by atoms with Crippen LogP contribution in [0.15, 0.2) is 42.7 Å². The van der Waals surface area contributed by atoms with Crippen molar-refractivity contribution in [3.63, 3.8) is 0 Å². The largest absolute Gasteiger partial charge is 0.753 e. The van der Waals surface area contributed by atoms with E-state index in [0.717, 1.165) is 0 Å². The molecule has 140 valence electrons. The zero-order valence-electron chi connectivity index (χ0n) is 15.4. The molecule has 0 saturated carbocycles. The van der Waals surface area contributed by atoms with E-state index < -0.39 is 17.7 Å². The van der Waals surface area contributed by atoms with Gasteiger partial charge >= 0.3 is 6.09 Å². The van der Waals surface area contributed by atoms with Crippen LogP contribution in [0.1, 0.15) is 27.7 Å². The van der Waals surface area contributed by atoms with E-state index in [2.05, 4.69) is 20.6 Å². The highest BCUT2D eigenvalue weighted by Gasteiger charge is 2.20. The number of hydrogen-bond acceptors (Lipinski definition) is 7. The number of nitrogens with one attached hydrogen (secondary N) is 2. The number of anilines is 3. The van der Waals surface area contributed by atoms with Crippen LogP contribution in [0.5, 0.6) is 0 Å². The monoisotopic (exact) mass is 358 g/mol. The van der Waals surface area contributed by atoms with Gasteiger partial charge in [0.05, 0.1) is 5.69 Å². The predicted molar refractivity (Wildman–Crippen MR) is 101 cm³/mol. The van der Waals surface area contributed by atoms with Gasteiger partial charge in [-0.25, -0.2) is 14.8 Å². The molecular weight excluding hydrogens is 334 g/mol. The van der Waals surface area contributed by atoms with E-state index >= 15 is 0 Å². The highest BCUT2D eigenvalue weighted by atomic mass is 16.6. The van der Waals surface area contributed by atoms with Crippen LogP contribution in [0.4, 0.5) is 22.1 Å². The molecule has 0 saturated heterocycles. The molecule has 2 heterocycles. The third-order valence-electron chi connectivity index (χ3n) is 3.27. The lowest BCUT2D eigenvalue weighted by atomic mass is 10.2. The van der Waals surface area contributed by atoms with Crippen molar-refractivity contribution in [3.05, 3.63) is 47.9 Å². The second kappa shape index (κ2) is 8.48. The van der Waals surface area contributed by atoms with E-state index in [1.54, 1.807) is 46.2 Å². The van der Waals surface area contributed by atoms with Crippen LogP contribution in [0.25, 0.3) is 0 Å². The topological polar surface area (TPSA) is 102 Å². The van der Waals surface area contributed by atoms with Crippen molar-refractivity contribution in [1.82, 2.24) is 15.0 Å². The first-order valence-electron chi connectivity index (χ1n) is 8.32. The smallest absolute Gasteiger partial charge is 0.399 e. The van der Waals surface area contributed by atoms with Gasteiger partial charge in [0.2, 0.25) is 0 Å². The second-order valence-electron chi connectivity index (χ2n) is 6.78. The summed E-state index contributed by atoms with van der Waals surface area (Å²) in [5, 5.41) is 18.6. The molecule has 2 aromatic heterocycles. The van der Waals surface area contributed by atoms with Gasteiger partial charge in [-0.3, -0.25) is 0 Å². The molecule has 1 unspecified atom stereocenters. The number of nitrogens with zero attached hydrogens (tertiary/aromatic N) is 3. The van der Waals surface area contributed by atoms with Gasteiger partial charge in [0.1, 0.15) is 17.2 Å². The van der Waals surface area contributed by atoms with Crippen LogP contribution in [0.2, 0.25) is 0 Å². The maximum absolute atomic E-state index is 12.1. The van der Waals surface area contributed by atoms with Crippen LogP contribution < -0.4 is 10.6 Å². The summed E-state index contributed by atoms with van der Waals surface area (Å²) in [7, 11) is 0. The Labute approximate surface area is 153 Å². The van der Waals surface area contributed by atoms with Gasteiger partial charge in [0, 0.05) is 25.0 Å². The standard InChI is InChI=1S/C18H24N5O3/c1-13(23(25)17(24)26-18(2,3)4)12-21-16-14(8-7-11-20-16)22-15-9-5-6-10-19-15/h5-11,13H,12H2,1-4H3,(H,19,22)(H,20,21)/q-1. The van der Waals surface area contributed by atoms with Crippen LogP contribution in [0.3, 0.4) is 0 Å². The van der Waals surface area contributed by atoms with E-state index in [0.29, 0.717) is 22.4 Å². The molecule has 0 bridgehead atoms. The Morgan fingerprint density at radius 1 is 1.23 bits per heavy atom. The highest BCUT2D eigenvalue weighted by molar-refractivity contribution is 5.70. The summed E-state index contributed by atoms with van der Waals surface area (Å²) in [6, 6.07) is 8.54. The van der Waals surface area contributed by atoms with Gasteiger partial charge < -0.3 is 25.6 Å². The molecule has 2 rings (SSSR count).